The minimum absolute atomic E-state index is 0.116. The van der Waals surface area contributed by atoms with Gasteiger partial charge in [0.15, 0.2) is 5.65 Å². The summed E-state index contributed by atoms with van der Waals surface area (Å²) in [5.74, 6) is -0.567. The molecule has 3 aromatic rings. The molecule has 3 heterocycles. The lowest BCUT2D eigenvalue weighted by Gasteiger charge is -2.22. The maximum Gasteiger partial charge on any atom is 0.416 e. The van der Waals surface area contributed by atoms with Gasteiger partial charge in [0.2, 0.25) is 0 Å². The van der Waals surface area contributed by atoms with Crippen LogP contribution < -0.4 is 5.32 Å². The molecule has 0 saturated carbocycles. The number of carbonyl (C=O) groups is 1. The molecular formula is C19H16ClF3N4O2. The molecule has 1 saturated heterocycles. The van der Waals surface area contributed by atoms with E-state index in [-0.39, 0.29) is 22.3 Å². The number of halogens is 4. The molecule has 2 aromatic heterocycles. The van der Waals surface area contributed by atoms with Gasteiger partial charge in [0.1, 0.15) is 0 Å². The summed E-state index contributed by atoms with van der Waals surface area (Å²) in [6.07, 6.45) is 0.0977. The van der Waals surface area contributed by atoms with Gasteiger partial charge in [0.25, 0.3) is 5.91 Å². The van der Waals surface area contributed by atoms with Gasteiger partial charge in [0.05, 0.1) is 33.8 Å². The third-order valence-electron chi connectivity index (χ3n) is 4.81. The van der Waals surface area contributed by atoms with Crippen molar-refractivity contribution in [2.45, 2.75) is 25.1 Å². The molecule has 29 heavy (non-hydrogen) atoms. The van der Waals surface area contributed by atoms with E-state index in [0.717, 1.165) is 25.0 Å². The maximum absolute atomic E-state index is 12.7. The van der Waals surface area contributed by atoms with E-state index < -0.39 is 17.6 Å². The van der Waals surface area contributed by atoms with E-state index in [1.165, 1.54) is 18.3 Å². The van der Waals surface area contributed by atoms with Crippen molar-refractivity contribution in [3.8, 4) is 0 Å². The fraction of sp³-hybridized carbons (Fsp3) is 0.316. The molecule has 1 N–H and O–H groups in total. The van der Waals surface area contributed by atoms with Crippen molar-refractivity contribution in [2.24, 2.45) is 0 Å². The molecule has 1 amide bonds. The van der Waals surface area contributed by atoms with Crippen molar-refractivity contribution >= 4 is 34.2 Å². The van der Waals surface area contributed by atoms with Crippen LogP contribution in [0.25, 0.3) is 11.0 Å². The standard InChI is InChI=1S/C19H16ClF3N4O2/c20-16-14-10-25-27(13-5-7-29-8-6-13)17(14)24-9-15(16)18(28)26-12-3-1-11(2-4-12)19(21,22)23/h1-4,9-10,13H,5-8H2,(H,26,28). The van der Waals surface area contributed by atoms with Crippen LogP contribution in [0.15, 0.2) is 36.7 Å². The second-order valence-corrected chi connectivity index (χ2v) is 7.06. The summed E-state index contributed by atoms with van der Waals surface area (Å²) < 4.78 is 45.1. The van der Waals surface area contributed by atoms with Crippen LogP contribution in [0, 0.1) is 0 Å². The van der Waals surface area contributed by atoms with E-state index in [0.29, 0.717) is 24.2 Å². The smallest absolute Gasteiger partial charge is 0.381 e. The van der Waals surface area contributed by atoms with Gasteiger partial charge < -0.3 is 10.1 Å². The molecule has 0 radical (unpaired) electrons. The minimum Gasteiger partial charge on any atom is -0.381 e. The van der Waals surface area contributed by atoms with Gasteiger partial charge in [-0.05, 0) is 37.1 Å². The van der Waals surface area contributed by atoms with Crippen LogP contribution in [0.1, 0.15) is 34.8 Å². The van der Waals surface area contributed by atoms with Crippen LogP contribution in [0.5, 0.6) is 0 Å². The fourth-order valence-electron chi connectivity index (χ4n) is 3.26. The van der Waals surface area contributed by atoms with Crippen LogP contribution in [-0.4, -0.2) is 33.9 Å². The third kappa shape index (κ3) is 3.92. The summed E-state index contributed by atoms with van der Waals surface area (Å²) in [4.78, 5) is 16.9. The van der Waals surface area contributed by atoms with E-state index in [9.17, 15) is 18.0 Å². The highest BCUT2D eigenvalue weighted by Gasteiger charge is 2.30. The van der Waals surface area contributed by atoms with E-state index in [2.05, 4.69) is 15.4 Å². The second kappa shape index (κ2) is 7.64. The summed E-state index contributed by atoms with van der Waals surface area (Å²) in [7, 11) is 0. The Kier molecular flexibility index (Phi) is 5.18. The number of anilines is 1. The molecule has 0 atom stereocenters. The molecule has 1 aliphatic heterocycles. The Labute approximate surface area is 168 Å². The van der Waals surface area contributed by atoms with Gasteiger partial charge in [-0.1, -0.05) is 11.6 Å². The number of ether oxygens (including phenoxy) is 1. The Morgan fingerprint density at radius 1 is 1.17 bits per heavy atom. The number of hydrogen-bond donors (Lipinski definition) is 1. The molecular weight excluding hydrogens is 409 g/mol. The number of nitrogens with zero attached hydrogens (tertiary/aromatic N) is 3. The Bertz CT molecular complexity index is 1040. The molecule has 4 rings (SSSR count). The summed E-state index contributed by atoms with van der Waals surface area (Å²) in [5.41, 5.74) is 0.118. The minimum atomic E-state index is -4.44. The highest BCUT2D eigenvalue weighted by atomic mass is 35.5. The average molecular weight is 425 g/mol. The lowest BCUT2D eigenvalue weighted by Crippen LogP contribution is -2.20. The molecule has 6 nitrogen and oxygen atoms in total. The van der Waals surface area contributed by atoms with Crippen molar-refractivity contribution in [1.82, 2.24) is 14.8 Å². The zero-order chi connectivity index (χ0) is 20.6. The van der Waals surface area contributed by atoms with Crippen LogP contribution in [-0.2, 0) is 10.9 Å². The summed E-state index contributed by atoms with van der Waals surface area (Å²) in [5, 5.41) is 7.64. The van der Waals surface area contributed by atoms with Crippen molar-refractivity contribution in [3.05, 3.63) is 52.8 Å². The molecule has 1 fully saturated rings. The first-order chi connectivity index (χ1) is 13.8. The van der Waals surface area contributed by atoms with Crippen molar-refractivity contribution in [2.75, 3.05) is 18.5 Å². The molecule has 1 aliphatic rings. The van der Waals surface area contributed by atoms with Gasteiger partial charge >= 0.3 is 6.18 Å². The molecule has 1 aromatic carbocycles. The van der Waals surface area contributed by atoms with Crippen molar-refractivity contribution in [3.63, 3.8) is 0 Å². The van der Waals surface area contributed by atoms with E-state index in [1.54, 1.807) is 10.9 Å². The number of aromatic nitrogens is 3. The van der Waals surface area contributed by atoms with Crippen LogP contribution in [0.2, 0.25) is 5.02 Å². The lowest BCUT2D eigenvalue weighted by molar-refractivity contribution is -0.137. The molecule has 0 unspecified atom stereocenters. The predicted molar refractivity (Wildman–Crippen MR) is 101 cm³/mol. The molecule has 152 valence electrons. The monoisotopic (exact) mass is 424 g/mol. The number of pyridine rings is 1. The molecule has 10 heteroatoms. The largest absolute Gasteiger partial charge is 0.416 e. The Morgan fingerprint density at radius 2 is 1.86 bits per heavy atom. The number of fused-ring (bicyclic) bond motifs is 1. The van der Waals surface area contributed by atoms with Crippen molar-refractivity contribution in [1.29, 1.82) is 0 Å². The van der Waals surface area contributed by atoms with E-state index >= 15 is 0 Å². The van der Waals surface area contributed by atoms with Gasteiger partial charge in [-0.2, -0.15) is 18.3 Å². The number of benzene rings is 1. The normalized spacial score (nSPS) is 15.6. The highest BCUT2D eigenvalue weighted by Crippen LogP contribution is 2.31. The molecule has 0 spiro atoms. The first kappa shape index (κ1) is 19.7. The van der Waals surface area contributed by atoms with Gasteiger partial charge in [-0.3, -0.25) is 4.79 Å². The Morgan fingerprint density at radius 3 is 2.52 bits per heavy atom. The fourth-order valence-corrected chi connectivity index (χ4v) is 3.53. The number of carbonyl (C=O) groups excluding carboxylic acids is 1. The van der Waals surface area contributed by atoms with Gasteiger partial charge in [0, 0.05) is 25.1 Å². The average Bonchev–Trinajstić information content (AvgIpc) is 3.13. The lowest BCUT2D eigenvalue weighted by atomic mass is 10.1. The van der Waals surface area contributed by atoms with E-state index in [1.807, 2.05) is 0 Å². The van der Waals surface area contributed by atoms with Crippen LogP contribution in [0.3, 0.4) is 0 Å². The quantitative estimate of drug-likeness (QED) is 0.661. The zero-order valence-corrected chi connectivity index (χ0v) is 15.8. The maximum atomic E-state index is 12.7. The summed E-state index contributed by atoms with van der Waals surface area (Å²) >= 11 is 6.41. The van der Waals surface area contributed by atoms with Gasteiger partial charge in [-0.25, -0.2) is 9.67 Å². The number of alkyl halides is 3. The Hall–Kier alpha value is -2.65. The third-order valence-corrected chi connectivity index (χ3v) is 5.22. The van der Waals surface area contributed by atoms with Crippen molar-refractivity contribution < 1.29 is 22.7 Å². The van der Waals surface area contributed by atoms with Crippen LogP contribution >= 0.6 is 11.6 Å². The Balaban J connectivity index is 1.57. The first-order valence-corrected chi connectivity index (χ1v) is 9.30. The first-order valence-electron chi connectivity index (χ1n) is 8.92. The summed E-state index contributed by atoms with van der Waals surface area (Å²) in [6, 6.07) is 4.32. The number of amides is 1. The van der Waals surface area contributed by atoms with E-state index in [4.69, 9.17) is 16.3 Å². The van der Waals surface area contributed by atoms with Gasteiger partial charge in [-0.15, -0.1) is 0 Å². The predicted octanol–water partition coefficient (Wildman–Crippen LogP) is 4.71. The zero-order valence-electron chi connectivity index (χ0n) is 15.0. The topological polar surface area (TPSA) is 69.0 Å². The number of hydrogen-bond acceptors (Lipinski definition) is 4. The van der Waals surface area contributed by atoms with Crippen LogP contribution in [0.4, 0.5) is 18.9 Å². The highest BCUT2D eigenvalue weighted by molar-refractivity contribution is 6.38. The second-order valence-electron chi connectivity index (χ2n) is 6.69. The summed E-state index contributed by atoms with van der Waals surface area (Å²) in [6.45, 7) is 1.29. The molecule has 0 aliphatic carbocycles. The SMILES string of the molecule is O=C(Nc1ccc(C(F)(F)F)cc1)c1cnc2c(cnn2C2CCOCC2)c1Cl. The number of nitrogens with one attached hydrogen (secondary N) is 1. The molecule has 0 bridgehead atoms. The number of rotatable bonds is 3.